The lowest BCUT2D eigenvalue weighted by molar-refractivity contribution is -0.139. The Morgan fingerprint density at radius 3 is 2.80 bits per heavy atom. The zero-order valence-electron chi connectivity index (χ0n) is 12.7. The molecule has 0 aromatic heterocycles. The summed E-state index contributed by atoms with van der Waals surface area (Å²) in [5.41, 5.74) is -1.25. The summed E-state index contributed by atoms with van der Waals surface area (Å²) in [5, 5.41) is 17.3. The molecule has 1 fully saturated rings. The van der Waals surface area contributed by atoms with Crippen molar-refractivity contribution >= 4 is 35.0 Å². The van der Waals surface area contributed by atoms with Crippen molar-refractivity contribution in [2.75, 3.05) is 7.11 Å². The molecule has 0 spiro atoms. The van der Waals surface area contributed by atoms with Crippen molar-refractivity contribution in [3.8, 4) is 5.75 Å². The van der Waals surface area contributed by atoms with Gasteiger partial charge in [0.25, 0.3) is 0 Å². The highest BCUT2D eigenvalue weighted by atomic mass is 32.2. The molecule has 134 valence electrons. The Bertz CT molecular complexity index is 749. The molecule has 0 radical (unpaired) electrons. The number of alkyl halides is 3. The Morgan fingerprint density at radius 2 is 2.20 bits per heavy atom. The molecule has 0 aliphatic carbocycles. The highest BCUT2D eigenvalue weighted by Crippen LogP contribution is 2.38. The van der Waals surface area contributed by atoms with Gasteiger partial charge in [-0.3, -0.25) is 9.59 Å². The van der Waals surface area contributed by atoms with Crippen LogP contribution < -0.4 is 10.1 Å². The second-order valence-corrected chi connectivity index (χ2v) is 5.96. The van der Waals surface area contributed by atoms with Crippen LogP contribution in [0.2, 0.25) is 0 Å². The molecule has 7 nitrogen and oxygen atoms in total. The van der Waals surface area contributed by atoms with Gasteiger partial charge in [-0.25, -0.2) is 0 Å². The standard InChI is InChI=1S/C14H12F3N3O4S/c1-24-8-4-2-3-7(11(8)14(15,16)17)6-18-20-13-19-12(23)9(25-13)5-10(21)22/h2-4,6,9H,5H2,1H3,(H,21,22)(H,19,20,23). The fourth-order valence-corrected chi connectivity index (χ4v) is 2.93. The number of hydrogen-bond acceptors (Lipinski definition) is 6. The number of carbonyl (C=O) groups is 2. The number of benzene rings is 1. The van der Waals surface area contributed by atoms with Crippen LogP contribution in [0, 0.1) is 0 Å². The lowest BCUT2D eigenvalue weighted by Crippen LogP contribution is -2.26. The van der Waals surface area contributed by atoms with E-state index in [-0.39, 0.29) is 16.5 Å². The Morgan fingerprint density at radius 1 is 1.48 bits per heavy atom. The average molecular weight is 375 g/mol. The van der Waals surface area contributed by atoms with Gasteiger partial charge in [0.2, 0.25) is 5.91 Å². The normalized spacial score (nSPS) is 19.4. The van der Waals surface area contributed by atoms with Gasteiger partial charge in [-0.05, 0) is 6.07 Å². The topological polar surface area (TPSA) is 100 Å². The number of thioether (sulfide) groups is 1. The number of carboxylic acids is 1. The molecule has 1 heterocycles. The van der Waals surface area contributed by atoms with Crippen LogP contribution in [0.4, 0.5) is 13.2 Å². The van der Waals surface area contributed by atoms with Crippen molar-refractivity contribution < 1.29 is 32.6 Å². The number of carboxylic acid groups (broad SMARTS) is 1. The number of hydrogen-bond donors (Lipinski definition) is 2. The van der Waals surface area contributed by atoms with E-state index in [1.165, 1.54) is 18.2 Å². The Hall–Kier alpha value is -2.56. The minimum atomic E-state index is -4.65. The summed E-state index contributed by atoms with van der Waals surface area (Å²) in [5.74, 6) is -2.04. The third-order valence-corrected chi connectivity index (χ3v) is 4.12. The Kier molecular flexibility index (Phi) is 5.67. The number of nitrogens with one attached hydrogen (secondary N) is 1. The van der Waals surface area contributed by atoms with E-state index >= 15 is 0 Å². The molecular weight excluding hydrogens is 363 g/mol. The number of amidine groups is 1. The van der Waals surface area contributed by atoms with Gasteiger partial charge in [-0.2, -0.15) is 18.3 Å². The van der Waals surface area contributed by atoms with Crippen LogP contribution in [0.3, 0.4) is 0 Å². The predicted octanol–water partition coefficient (Wildman–Crippen LogP) is 2.11. The molecule has 1 aliphatic heterocycles. The molecule has 1 unspecified atom stereocenters. The van der Waals surface area contributed by atoms with Crippen molar-refractivity contribution in [1.82, 2.24) is 5.32 Å². The zero-order chi connectivity index (χ0) is 18.6. The maximum Gasteiger partial charge on any atom is 0.420 e. The first-order valence-electron chi connectivity index (χ1n) is 6.77. The SMILES string of the molecule is COc1cccc(C=NN=C2NC(=O)C(CC(=O)O)S2)c1C(F)(F)F. The van der Waals surface area contributed by atoms with Crippen molar-refractivity contribution in [1.29, 1.82) is 0 Å². The highest BCUT2D eigenvalue weighted by molar-refractivity contribution is 8.15. The largest absolute Gasteiger partial charge is 0.496 e. The lowest BCUT2D eigenvalue weighted by Gasteiger charge is -2.13. The first-order valence-corrected chi connectivity index (χ1v) is 7.65. The molecule has 11 heteroatoms. The number of nitrogens with zero attached hydrogens (tertiary/aromatic N) is 2. The van der Waals surface area contributed by atoms with Gasteiger partial charge in [0.1, 0.15) is 16.6 Å². The van der Waals surface area contributed by atoms with Crippen LogP contribution >= 0.6 is 11.8 Å². The third kappa shape index (κ3) is 4.72. The van der Waals surface area contributed by atoms with Gasteiger partial charge in [0, 0.05) is 5.56 Å². The minimum absolute atomic E-state index is 0.0176. The van der Waals surface area contributed by atoms with Crippen LogP contribution in [0.5, 0.6) is 5.75 Å². The van der Waals surface area contributed by atoms with Crippen molar-refractivity contribution in [3.63, 3.8) is 0 Å². The zero-order valence-corrected chi connectivity index (χ0v) is 13.5. The number of aliphatic carboxylic acids is 1. The number of ether oxygens (including phenoxy) is 1. The maximum absolute atomic E-state index is 13.2. The van der Waals surface area contributed by atoms with Crippen molar-refractivity contribution in [3.05, 3.63) is 29.3 Å². The van der Waals surface area contributed by atoms with E-state index in [4.69, 9.17) is 9.84 Å². The number of rotatable bonds is 5. The van der Waals surface area contributed by atoms with Gasteiger partial charge in [-0.15, -0.1) is 5.10 Å². The Labute approximate surface area is 144 Å². The fraction of sp³-hybridized carbons (Fsp3) is 0.286. The van der Waals surface area contributed by atoms with E-state index in [2.05, 4.69) is 15.5 Å². The maximum atomic E-state index is 13.2. The summed E-state index contributed by atoms with van der Waals surface area (Å²) in [6.45, 7) is 0. The summed E-state index contributed by atoms with van der Waals surface area (Å²) in [4.78, 5) is 22.1. The molecule has 2 rings (SSSR count). The van der Waals surface area contributed by atoms with E-state index in [0.29, 0.717) is 0 Å². The number of carbonyl (C=O) groups excluding carboxylic acids is 1. The molecule has 1 atom stereocenters. The quantitative estimate of drug-likeness (QED) is 0.606. The van der Waals surface area contributed by atoms with Crippen molar-refractivity contribution in [2.24, 2.45) is 10.2 Å². The molecule has 2 N–H and O–H groups in total. The van der Waals surface area contributed by atoms with E-state index in [9.17, 15) is 22.8 Å². The van der Waals surface area contributed by atoms with E-state index < -0.39 is 35.3 Å². The summed E-state index contributed by atoms with van der Waals surface area (Å²) in [6.07, 6.45) is -4.16. The number of methoxy groups -OCH3 is 1. The summed E-state index contributed by atoms with van der Waals surface area (Å²) in [6, 6.07) is 3.75. The summed E-state index contributed by atoms with van der Waals surface area (Å²) in [7, 11) is 1.12. The van der Waals surface area contributed by atoms with Crippen molar-refractivity contribution in [2.45, 2.75) is 17.8 Å². The van der Waals surface area contributed by atoms with Gasteiger partial charge < -0.3 is 15.2 Å². The molecule has 1 aromatic rings. The fourth-order valence-electron chi connectivity index (χ4n) is 2.02. The van der Waals surface area contributed by atoms with Gasteiger partial charge in [0.05, 0.1) is 19.7 Å². The minimum Gasteiger partial charge on any atom is -0.496 e. The van der Waals surface area contributed by atoms with Crippen LogP contribution in [0.1, 0.15) is 17.5 Å². The smallest absolute Gasteiger partial charge is 0.420 e. The molecule has 1 aliphatic rings. The molecule has 1 aromatic carbocycles. The molecule has 1 saturated heterocycles. The first-order chi connectivity index (χ1) is 11.7. The second kappa shape index (κ2) is 7.55. The highest BCUT2D eigenvalue weighted by Gasteiger charge is 2.36. The van der Waals surface area contributed by atoms with Crippen LogP contribution in [-0.4, -0.2) is 40.7 Å². The first kappa shape index (κ1) is 18.8. The summed E-state index contributed by atoms with van der Waals surface area (Å²) >= 11 is 0.847. The second-order valence-electron chi connectivity index (χ2n) is 4.77. The molecule has 1 amide bonds. The van der Waals surface area contributed by atoms with E-state index in [1.54, 1.807) is 0 Å². The molecule has 25 heavy (non-hydrogen) atoms. The Balaban J connectivity index is 2.21. The predicted molar refractivity (Wildman–Crippen MR) is 84.8 cm³/mol. The average Bonchev–Trinajstić information content (AvgIpc) is 2.85. The van der Waals surface area contributed by atoms with Crippen LogP contribution in [-0.2, 0) is 15.8 Å². The third-order valence-electron chi connectivity index (χ3n) is 3.04. The summed E-state index contributed by atoms with van der Waals surface area (Å²) < 4.78 is 44.2. The molecular formula is C14H12F3N3O4S. The van der Waals surface area contributed by atoms with Gasteiger partial charge >= 0.3 is 12.1 Å². The number of halogens is 3. The van der Waals surface area contributed by atoms with Gasteiger partial charge in [-0.1, -0.05) is 23.9 Å². The van der Waals surface area contributed by atoms with E-state index in [1.807, 2.05) is 0 Å². The monoisotopic (exact) mass is 375 g/mol. The number of amides is 1. The molecule has 0 bridgehead atoms. The van der Waals surface area contributed by atoms with Crippen LogP contribution in [0.25, 0.3) is 0 Å². The van der Waals surface area contributed by atoms with E-state index in [0.717, 1.165) is 25.1 Å². The lowest BCUT2D eigenvalue weighted by atomic mass is 10.1. The van der Waals surface area contributed by atoms with Gasteiger partial charge in [0.15, 0.2) is 5.17 Å². The molecule has 0 saturated carbocycles. The van der Waals surface area contributed by atoms with Crippen LogP contribution in [0.15, 0.2) is 28.4 Å².